The Morgan fingerprint density at radius 2 is 2.00 bits per heavy atom. The maximum atomic E-state index is 13.3. The van der Waals surface area contributed by atoms with Gasteiger partial charge in [0.05, 0.1) is 12.6 Å². The summed E-state index contributed by atoms with van der Waals surface area (Å²) in [5, 5.41) is 2.11. The van der Waals surface area contributed by atoms with Crippen LogP contribution in [0.4, 0.5) is 0 Å². The van der Waals surface area contributed by atoms with Crippen molar-refractivity contribution < 1.29 is 14.3 Å². The molecule has 3 rings (SSSR count). The van der Waals surface area contributed by atoms with Crippen molar-refractivity contribution in [1.29, 1.82) is 0 Å². The lowest BCUT2D eigenvalue weighted by molar-refractivity contribution is -0.140. The monoisotopic (exact) mass is 414 g/mol. The Balaban J connectivity index is 1.78. The van der Waals surface area contributed by atoms with E-state index >= 15 is 0 Å². The highest BCUT2D eigenvalue weighted by Gasteiger charge is 2.33. The summed E-state index contributed by atoms with van der Waals surface area (Å²) in [7, 11) is 0. The number of nitrogens with zero attached hydrogens (tertiary/aromatic N) is 2. The molecule has 0 spiro atoms. The first-order chi connectivity index (χ1) is 14.0. The highest BCUT2D eigenvalue weighted by Crippen LogP contribution is 2.37. The molecule has 156 valence electrons. The molecule has 0 fully saturated rings. The number of hydrogen-bond acceptors (Lipinski definition) is 4. The van der Waals surface area contributed by atoms with E-state index in [0.717, 1.165) is 18.4 Å². The third-order valence-electron chi connectivity index (χ3n) is 5.37. The fourth-order valence-corrected chi connectivity index (χ4v) is 4.70. The molecule has 0 aliphatic carbocycles. The molecule has 1 aliphatic rings. The first-order valence-corrected chi connectivity index (χ1v) is 11.1. The second-order valence-electron chi connectivity index (χ2n) is 7.44. The molecule has 0 saturated carbocycles. The van der Waals surface area contributed by atoms with Crippen LogP contribution in [0.5, 0.6) is 0 Å². The van der Waals surface area contributed by atoms with E-state index in [1.54, 1.807) is 16.2 Å². The maximum absolute atomic E-state index is 13.3. The Morgan fingerprint density at radius 1 is 1.24 bits per heavy atom. The van der Waals surface area contributed by atoms with Gasteiger partial charge in [-0.15, -0.1) is 11.3 Å². The fourth-order valence-electron chi connectivity index (χ4n) is 3.80. The third kappa shape index (κ3) is 5.25. The van der Waals surface area contributed by atoms with Crippen LogP contribution >= 0.6 is 11.3 Å². The van der Waals surface area contributed by atoms with Crippen LogP contribution in [0.15, 0.2) is 35.7 Å². The molecule has 1 aromatic heterocycles. The van der Waals surface area contributed by atoms with Crippen molar-refractivity contribution in [3.63, 3.8) is 0 Å². The molecular formula is C23H30N2O3S. The molecule has 2 amide bonds. The quantitative estimate of drug-likeness (QED) is 0.617. The van der Waals surface area contributed by atoms with Gasteiger partial charge in [0.15, 0.2) is 0 Å². The average Bonchev–Trinajstić information content (AvgIpc) is 3.19. The van der Waals surface area contributed by atoms with Crippen LogP contribution in [0.1, 0.15) is 47.9 Å². The third-order valence-corrected chi connectivity index (χ3v) is 6.37. The zero-order valence-corrected chi connectivity index (χ0v) is 18.3. The van der Waals surface area contributed by atoms with Crippen molar-refractivity contribution >= 4 is 23.2 Å². The molecule has 2 heterocycles. The van der Waals surface area contributed by atoms with E-state index in [2.05, 4.69) is 42.6 Å². The molecule has 0 unspecified atom stereocenters. The van der Waals surface area contributed by atoms with E-state index < -0.39 is 0 Å². The van der Waals surface area contributed by atoms with Gasteiger partial charge >= 0.3 is 0 Å². The van der Waals surface area contributed by atoms with Crippen molar-refractivity contribution in [3.8, 4) is 0 Å². The number of carbonyl (C=O) groups is 2. The van der Waals surface area contributed by atoms with Gasteiger partial charge in [-0.1, -0.05) is 29.8 Å². The Labute approximate surface area is 177 Å². The summed E-state index contributed by atoms with van der Waals surface area (Å²) < 4.78 is 5.37. The second-order valence-corrected chi connectivity index (χ2v) is 8.44. The van der Waals surface area contributed by atoms with E-state index in [-0.39, 0.29) is 24.4 Å². The van der Waals surface area contributed by atoms with Gasteiger partial charge in [-0.2, -0.15) is 0 Å². The molecule has 2 aromatic rings. The van der Waals surface area contributed by atoms with E-state index in [1.165, 1.54) is 22.9 Å². The minimum atomic E-state index is -0.0877. The Bertz CT molecular complexity index is 831. The predicted molar refractivity (Wildman–Crippen MR) is 116 cm³/mol. The van der Waals surface area contributed by atoms with Gasteiger partial charge < -0.3 is 14.5 Å². The van der Waals surface area contributed by atoms with Gasteiger partial charge in [-0.05, 0) is 49.3 Å². The number of benzene rings is 1. The first-order valence-electron chi connectivity index (χ1n) is 10.3. The summed E-state index contributed by atoms with van der Waals surface area (Å²) >= 11 is 1.76. The molecule has 1 aliphatic heterocycles. The number of thiophene rings is 1. The summed E-state index contributed by atoms with van der Waals surface area (Å²) in [5.41, 5.74) is 3.53. The van der Waals surface area contributed by atoms with Crippen LogP contribution in [0.3, 0.4) is 0 Å². The van der Waals surface area contributed by atoms with Gasteiger partial charge in [0.2, 0.25) is 11.8 Å². The number of aryl methyl sites for hydroxylation is 1. The smallest absolute Gasteiger partial charge is 0.242 e. The molecule has 29 heavy (non-hydrogen) atoms. The lowest BCUT2D eigenvalue weighted by atomic mass is 9.92. The van der Waals surface area contributed by atoms with Gasteiger partial charge in [-0.25, -0.2) is 0 Å². The maximum Gasteiger partial charge on any atom is 0.242 e. The summed E-state index contributed by atoms with van der Waals surface area (Å²) in [6.07, 6.45) is 1.60. The van der Waals surface area contributed by atoms with Crippen molar-refractivity contribution in [1.82, 2.24) is 9.80 Å². The second kappa shape index (κ2) is 10.0. The summed E-state index contributed by atoms with van der Waals surface area (Å²) in [4.78, 5) is 30.3. The van der Waals surface area contributed by atoms with Crippen LogP contribution in [0, 0.1) is 6.92 Å². The highest BCUT2D eigenvalue weighted by molar-refractivity contribution is 7.10. The Hall–Kier alpha value is -2.18. The largest absolute Gasteiger partial charge is 0.382 e. The van der Waals surface area contributed by atoms with Gasteiger partial charge in [-0.3, -0.25) is 9.59 Å². The number of hydrogen-bond donors (Lipinski definition) is 0. The molecule has 0 N–H and O–H groups in total. The van der Waals surface area contributed by atoms with Crippen molar-refractivity contribution in [2.45, 2.75) is 39.7 Å². The standard InChI is InChI=1S/C23H30N2O3S/c1-4-28-14-5-12-24(18(3)26)16-22(27)25-13-10-21-20(11-15-29-21)23(25)19-8-6-17(2)7-9-19/h6-9,11,15,23H,4-5,10,12-14,16H2,1-3H3/t23-/m0/s1. The normalized spacial score (nSPS) is 15.8. The van der Waals surface area contributed by atoms with Crippen LogP contribution in [0.25, 0.3) is 0 Å². The molecule has 5 nitrogen and oxygen atoms in total. The summed E-state index contributed by atoms with van der Waals surface area (Å²) in [6.45, 7) is 8.13. The lowest BCUT2D eigenvalue weighted by Gasteiger charge is -2.37. The number of carbonyl (C=O) groups excluding carboxylic acids is 2. The molecule has 0 bridgehead atoms. The van der Waals surface area contributed by atoms with E-state index in [0.29, 0.717) is 26.3 Å². The predicted octanol–water partition coefficient (Wildman–Crippen LogP) is 3.81. The van der Waals surface area contributed by atoms with Crippen LogP contribution in [-0.2, 0) is 20.7 Å². The van der Waals surface area contributed by atoms with Gasteiger partial charge in [0.25, 0.3) is 0 Å². The summed E-state index contributed by atoms with van der Waals surface area (Å²) in [5.74, 6) is -0.0750. The van der Waals surface area contributed by atoms with Crippen molar-refractivity contribution in [2.24, 2.45) is 0 Å². The SMILES string of the molecule is CCOCCCN(CC(=O)N1CCc2sccc2[C@@H]1c1ccc(C)cc1)C(C)=O. The molecule has 6 heteroatoms. The van der Waals surface area contributed by atoms with E-state index in [1.807, 2.05) is 11.8 Å². The molecule has 0 radical (unpaired) electrons. The number of amides is 2. The molecular weight excluding hydrogens is 384 g/mol. The van der Waals surface area contributed by atoms with Gasteiger partial charge in [0, 0.05) is 38.1 Å². The summed E-state index contributed by atoms with van der Waals surface area (Å²) in [6, 6.07) is 10.4. The zero-order chi connectivity index (χ0) is 20.8. The lowest BCUT2D eigenvalue weighted by Crippen LogP contribution is -2.46. The Kier molecular flexibility index (Phi) is 7.45. The van der Waals surface area contributed by atoms with Crippen LogP contribution < -0.4 is 0 Å². The topological polar surface area (TPSA) is 49.9 Å². The fraction of sp³-hybridized carbons (Fsp3) is 0.478. The number of ether oxygens (including phenoxy) is 1. The minimum absolute atomic E-state index is 0.000894. The molecule has 1 atom stereocenters. The first kappa shape index (κ1) is 21.5. The van der Waals surface area contributed by atoms with Crippen LogP contribution in [-0.4, -0.2) is 54.5 Å². The molecule has 1 aromatic carbocycles. The van der Waals surface area contributed by atoms with Crippen molar-refractivity contribution in [2.75, 3.05) is 32.8 Å². The van der Waals surface area contributed by atoms with Gasteiger partial charge in [0.1, 0.15) is 0 Å². The average molecular weight is 415 g/mol. The zero-order valence-electron chi connectivity index (χ0n) is 17.5. The Morgan fingerprint density at radius 3 is 2.69 bits per heavy atom. The number of fused-ring (bicyclic) bond motifs is 1. The number of rotatable bonds is 8. The van der Waals surface area contributed by atoms with Crippen LogP contribution in [0.2, 0.25) is 0 Å². The minimum Gasteiger partial charge on any atom is -0.382 e. The highest BCUT2D eigenvalue weighted by atomic mass is 32.1. The van der Waals surface area contributed by atoms with E-state index in [9.17, 15) is 9.59 Å². The van der Waals surface area contributed by atoms with Crippen molar-refractivity contribution in [3.05, 3.63) is 57.3 Å². The van der Waals surface area contributed by atoms with E-state index in [4.69, 9.17) is 4.74 Å². The molecule has 0 saturated heterocycles.